The van der Waals surface area contributed by atoms with Crippen LogP contribution in [0, 0.1) is 0 Å². The molecule has 0 aliphatic rings. The molecule has 2 amide bonds. The largest absolute Gasteiger partial charge is 0.465 e. The van der Waals surface area contributed by atoms with Crippen molar-refractivity contribution < 1.29 is 14.3 Å². The molecule has 110 valence electrons. The molecule has 5 heteroatoms. The zero-order valence-electron chi connectivity index (χ0n) is 12.2. The molecule has 0 aliphatic carbocycles. The predicted octanol–water partition coefficient (Wildman–Crippen LogP) is 2.46. The molecular formula is C15H22N2O3. The van der Waals surface area contributed by atoms with Gasteiger partial charge in [0.25, 0.3) is 0 Å². The third kappa shape index (κ3) is 4.91. The standard InChI is InChI=1S/C15H22N2O3/c1-4-13(5-2)17-15(19)16-10-11-6-8-12(9-7-11)14(18)20-3/h6-9,13H,4-5,10H2,1-3H3,(H2,16,17,19). The molecule has 0 saturated carbocycles. The highest BCUT2D eigenvalue weighted by atomic mass is 16.5. The minimum atomic E-state index is -0.365. The minimum absolute atomic E-state index is 0.171. The number of nitrogens with one attached hydrogen (secondary N) is 2. The van der Waals surface area contributed by atoms with E-state index in [-0.39, 0.29) is 18.0 Å². The number of ether oxygens (including phenoxy) is 1. The summed E-state index contributed by atoms with van der Waals surface area (Å²) < 4.78 is 4.62. The number of hydrogen-bond acceptors (Lipinski definition) is 3. The molecule has 0 saturated heterocycles. The van der Waals surface area contributed by atoms with Gasteiger partial charge in [-0.1, -0.05) is 26.0 Å². The number of rotatable bonds is 6. The van der Waals surface area contributed by atoms with Gasteiger partial charge in [0.2, 0.25) is 0 Å². The first-order chi connectivity index (χ1) is 9.60. The number of carbonyl (C=O) groups excluding carboxylic acids is 2. The van der Waals surface area contributed by atoms with E-state index >= 15 is 0 Å². The van der Waals surface area contributed by atoms with Crippen molar-refractivity contribution in [1.29, 1.82) is 0 Å². The van der Waals surface area contributed by atoms with Gasteiger partial charge in [0.1, 0.15) is 0 Å². The summed E-state index contributed by atoms with van der Waals surface area (Å²) >= 11 is 0. The van der Waals surface area contributed by atoms with Crippen LogP contribution in [0.15, 0.2) is 24.3 Å². The zero-order valence-corrected chi connectivity index (χ0v) is 12.2. The molecule has 20 heavy (non-hydrogen) atoms. The first kappa shape index (κ1) is 16.0. The molecule has 0 aliphatic heterocycles. The Morgan fingerprint density at radius 2 is 1.75 bits per heavy atom. The minimum Gasteiger partial charge on any atom is -0.465 e. The van der Waals surface area contributed by atoms with Crippen molar-refractivity contribution in [3.8, 4) is 0 Å². The fourth-order valence-corrected chi connectivity index (χ4v) is 1.79. The Kier molecular flexibility index (Phi) is 6.56. The molecule has 0 spiro atoms. The molecule has 0 heterocycles. The molecule has 1 rings (SSSR count). The first-order valence-electron chi connectivity index (χ1n) is 6.82. The fourth-order valence-electron chi connectivity index (χ4n) is 1.79. The molecule has 1 aromatic carbocycles. The molecule has 5 nitrogen and oxygen atoms in total. The van der Waals surface area contributed by atoms with E-state index in [1.807, 2.05) is 13.8 Å². The molecular weight excluding hydrogens is 256 g/mol. The average molecular weight is 278 g/mol. The van der Waals surface area contributed by atoms with Gasteiger partial charge in [-0.3, -0.25) is 0 Å². The van der Waals surface area contributed by atoms with Gasteiger partial charge < -0.3 is 15.4 Å². The van der Waals surface area contributed by atoms with Crippen LogP contribution in [0.3, 0.4) is 0 Å². The second-order valence-corrected chi connectivity index (χ2v) is 4.53. The second kappa shape index (κ2) is 8.19. The molecule has 0 bridgehead atoms. The number of hydrogen-bond donors (Lipinski definition) is 2. The number of urea groups is 1. The SMILES string of the molecule is CCC(CC)NC(=O)NCc1ccc(C(=O)OC)cc1. The second-order valence-electron chi connectivity index (χ2n) is 4.53. The van der Waals surface area contributed by atoms with Gasteiger partial charge in [0.15, 0.2) is 0 Å². The third-order valence-electron chi connectivity index (χ3n) is 3.15. The van der Waals surface area contributed by atoms with Gasteiger partial charge in [-0.2, -0.15) is 0 Å². The van der Waals surface area contributed by atoms with E-state index in [4.69, 9.17) is 0 Å². The number of methoxy groups -OCH3 is 1. The van der Waals surface area contributed by atoms with Crippen molar-refractivity contribution in [3.05, 3.63) is 35.4 Å². The van der Waals surface area contributed by atoms with Gasteiger partial charge in [-0.25, -0.2) is 9.59 Å². The van der Waals surface area contributed by atoms with Crippen molar-refractivity contribution in [2.24, 2.45) is 0 Å². The summed E-state index contributed by atoms with van der Waals surface area (Å²) in [4.78, 5) is 22.9. The number of carbonyl (C=O) groups is 2. The van der Waals surface area contributed by atoms with Gasteiger partial charge in [0.05, 0.1) is 12.7 Å². The van der Waals surface area contributed by atoms with E-state index < -0.39 is 0 Å². The maximum atomic E-state index is 11.7. The van der Waals surface area contributed by atoms with E-state index in [0.29, 0.717) is 12.1 Å². The first-order valence-corrected chi connectivity index (χ1v) is 6.82. The maximum absolute atomic E-state index is 11.7. The molecule has 0 fully saturated rings. The lowest BCUT2D eigenvalue weighted by molar-refractivity contribution is 0.0600. The highest BCUT2D eigenvalue weighted by molar-refractivity contribution is 5.89. The third-order valence-corrected chi connectivity index (χ3v) is 3.15. The van der Waals surface area contributed by atoms with E-state index in [0.717, 1.165) is 18.4 Å². The molecule has 2 N–H and O–H groups in total. The summed E-state index contributed by atoms with van der Waals surface area (Å²) in [6, 6.07) is 6.99. The normalized spacial score (nSPS) is 10.2. The highest BCUT2D eigenvalue weighted by Gasteiger charge is 2.08. The summed E-state index contributed by atoms with van der Waals surface area (Å²) in [6.07, 6.45) is 1.83. The van der Waals surface area contributed by atoms with Gasteiger partial charge in [-0.05, 0) is 30.5 Å². The zero-order chi connectivity index (χ0) is 15.0. The monoisotopic (exact) mass is 278 g/mol. The molecule has 1 aromatic rings. The number of esters is 1. The summed E-state index contributed by atoms with van der Waals surface area (Å²) in [5, 5.41) is 5.70. The van der Waals surface area contributed by atoms with Crippen LogP contribution in [-0.2, 0) is 11.3 Å². The van der Waals surface area contributed by atoms with Crippen molar-refractivity contribution in [3.63, 3.8) is 0 Å². The Bertz CT molecular complexity index is 439. The van der Waals surface area contributed by atoms with Crippen molar-refractivity contribution in [1.82, 2.24) is 10.6 Å². The Morgan fingerprint density at radius 3 is 2.25 bits per heavy atom. The summed E-state index contributed by atoms with van der Waals surface area (Å²) in [5.74, 6) is -0.365. The Morgan fingerprint density at radius 1 is 1.15 bits per heavy atom. The van der Waals surface area contributed by atoms with Crippen LogP contribution in [0.4, 0.5) is 4.79 Å². The molecule has 0 radical (unpaired) electrons. The van der Waals surface area contributed by atoms with Crippen LogP contribution in [0.25, 0.3) is 0 Å². The van der Waals surface area contributed by atoms with E-state index in [1.54, 1.807) is 24.3 Å². The van der Waals surface area contributed by atoms with Crippen LogP contribution < -0.4 is 10.6 Å². The smallest absolute Gasteiger partial charge is 0.337 e. The van der Waals surface area contributed by atoms with Crippen molar-refractivity contribution in [2.75, 3.05) is 7.11 Å². The lowest BCUT2D eigenvalue weighted by atomic mass is 10.1. The van der Waals surface area contributed by atoms with Gasteiger partial charge >= 0.3 is 12.0 Å². The quantitative estimate of drug-likeness (QED) is 0.785. The van der Waals surface area contributed by atoms with Crippen molar-refractivity contribution in [2.45, 2.75) is 39.3 Å². The van der Waals surface area contributed by atoms with Gasteiger partial charge in [-0.15, -0.1) is 0 Å². The van der Waals surface area contributed by atoms with Crippen molar-refractivity contribution >= 4 is 12.0 Å². The van der Waals surface area contributed by atoms with Gasteiger partial charge in [0, 0.05) is 12.6 Å². The summed E-state index contributed by atoms with van der Waals surface area (Å²) in [6.45, 7) is 4.51. The van der Waals surface area contributed by atoms with E-state index in [9.17, 15) is 9.59 Å². The van der Waals surface area contributed by atoms with Crippen LogP contribution in [0.5, 0.6) is 0 Å². The topological polar surface area (TPSA) is 67.4 Å². The molecule has 0 atom stereocenters. The van der Waals surface area contributed by atoms with Crippen LogP contribution >= 0.6 is 0 Å². The molecule has 0 unspecified atom stereocenters. The average Bonchev–Trinajstić information content (AvgIpc) is 2.50. The fraction of sp³-hybridized carbons (Fsp3) is 0.467. The predicted molar refractivity (Wildman–Crippen MR) is 77.5 cm³/mol. The molecule has 0 aromatic heterocycles. The highest BCUT2D eigenvalue weighted by Crippen LogP contribution is 2.05. The lowest BCUT2D eigenvalue weighted by Gasteiger charge is -2.15. The van der Waals surface area contributed by atoms with E-state index in [1.165, 1.54) is 7.11 Å². The van der Waals surface area contributed by atoms with Crippen LogP contribution in [0.2, 0.25) is 0 Å². The summed E-state index contributed by atoms with van der Waals surface area (Å²) in [5.41, 5.74) is 1.43. The number of benzene rings is 1. The summed E-state index contributed by atoms with van der Waals surface area (Å²) in [7, 11) is 1.35. The Labute approximate surface area is 119 Å². The number of amides is 2. The van der Waals surface area contributed by atoms with E-state index in [2.05, 4.69) is 15.4 Å². The lowest BCUT2D eigenvalue weighted by Crippen LogP contribution is -2.41. The Hall–Kier alpha value is -2.04. The Balaban J connectivity index is 2.45. The van der Waals surface area contributed by atoms with Crippen LogP contribution in [0.1, 0.15) is 42.6 Å². The maximum Gasteiger partial charge on any atom is 0.337 e. The van der Waals surface area contributed by atoms with Crippen LogP contribution in [-0.4, -0.2) is 25.2 Å².